The zero-order chi connectivity index (χ0) is 23.7. The third-order valence-electron chi connectivity index (χ3n) is 5.15. The Balaban J connectivity index is 1.97. The molecule has 172 valence electrons. The molecule has 2 rings (SSSR count). The molecular weight excluding hydrogens is 408 g/mol. The van der Waals surface area contributed by atoms with Crippen LogP contribution in [0.1, 0.15) is 48.4 Å². The molecule has 0 radical (unpaired) electrons. The molecule has 0 saturated carbocycles. The van der Waals surface area contributed by atoms with Gasteiger partial charge in [-0.1, -0.05) is 13.8 Å². The summed E-state index contributed by atoms with van der Waals surface area (Å²) in [5.74, 6) is -0.891. The van der Waals surface area contributed by atoms with Crippen molar-refractivity contribution in [1.82, 2.24) is 16.2 Å². The summed E-state index contributed by atoms with van der Waals surface area (Å²) in [7, 11) is 1.54. The Morgan fingerprint density at radius 3 is 1.88 bits per heavy atom. The normalized spacial score (nSPS) is 11.4. The molecule has 1 unspecified atom stereocenters. The van der Waals surface area contributed by atoms with Gasteiger partial charge in [-0.2, -0.15) is 0 Å². The molecule has 0 heterocycles. The van der Waals surface area contributed by atoms with Crippen LogP contribution in [-0.4, -0.2) is 44.0 Å². The lowest BCUT2D eigenvalue weighted by molar-refractivity contribution is -0.124. The first-order valence-electron chi connectivity index (χ1n) is 10.7. The number of methoxy groups -OCH3 is 1. The van der Waals surface area contributed by atoms with Gasteiger partial charge in [0.1, 0.15) is 11.8 Å². The summed E-state index contributed by atoms with van der Waals surface area (Å²) < 4.78 is 5.09. The molecule has 2 aromatic carbocycles. The average molecular weight is 441 g/mol. The molecule has 0 fully saturated rings. The van der Waals surface area contributed by atoms with Crippen LogP contribution in [-0.2, 0) is 4.79 Å². The van der Waals surface area contributed by atoms with E-state index in [1.54, 1.807) is 43.5 Å². The maximum Gasteiger partial charge on any atom is 0.269 e. The minimum Gasteiger partial charge on any atom is -0.497 e. The first-order chi connectivity index (χ1) is 15.3. The summed E-state index contributed by atoms with van der Waals surface area (Å²) in [5, 5.41) is 2.72. The van der Waals surface area contributed by atoms with E-state index in [0.29, 0.717) is 16.9 Å². The lowest BCUT2D eigenvalue weighted by Gasteiger charge is -2.22. The van der Waals surface area contributed by atoms with E-state index in [1.807, 2.05) is 26.0 Å². The monoisotopic (exact) mass is 440 g/mol. The van der Waals surface area contributed by atoms with E-state index >= 15 is 0 Å². The fourth-order valence-electron chi connectivity index (χ4n) is 3.18. The molecule has 1 atom stereocenters. The number of carbonyl (C=O) groups excluding carboxylic acids is 3. The summed E-state index contributed by atoms with van der Waals surface area (Å²) in [6, 6.07) is 12.9. The molecule has 0 aliphatic rings. The lowest BCUT2D eigenvalue weighted by atomic mass is 10.0. The number of hydrogen-bond acceptors (Lipinski definition) is 5. The smallest absolute Gasteiger partial charge is 0.269 e. The van der Waals surface area contributed by atoms with Crippen LogP contribution in [0.2, 0.25) is 0 Å². The van der Waals surface area contributed by atoms with Gasteiger partial charge < -0.3 is 15.0 Å². The molecular formula is C24H32N4O4. The number of nitrogens with zero attached hydrogens (tertiary/aromatic N) is 1. The summed E-state index contributed by atoms with van der Waals surface area (Å²) in [4.78, 5) is 39.8. The standard InChI is InChI=1S/C24H32N4O4/c1-6-28(7-2)19-12-8-18(9-13-19)23(30)26-27-24(31)21(16(3)4)25-22(29)17-10-14-20(32-5)15-11-17/h8-16,21H,6-7H2,1-5H3,(H,25,29)(H,26,30)(H,27,31). The topological polar surface area (TPSA) is 99.8 Å². The van der Waals surface area contributed by atoms with Gasteiger partial charge in [0.25, 0.3) is 17.7 Å². The quantitative estimate of drug-likeness (QED) is 0.521. The number of rotatable bonds is 9. The van der Waals surface area contributed by atoms with E-state index < -0.39 is 17.9 Å². The van der Waals surface area contributed by atoms with Crippen LogP contribution in [0.25, 0.3) is 0 Å². The number of amides is 3. The summed E-state index contributed by atoms with van der Waals surface area (Å²) >= 11 is 0. The Bertz CT molecular complexity index is 907. The summed E-state index contributed by atoms with van der Waals surface area (Å²) in [6.07, 6.45) is 0. The molecule has 3 amide bonds. The van der Waals surface area contributed by atoms with Crippen molar-refractivity contribution in [1.29, 1.82) is 0 Å². The molecule has 0 aliphatic carbocycles. The fourth-order valence-corrected chi connectivity index (χ4v) is 3.18. The third kappa shape index (κ3) is 6.47. The van der Waals surface area contributed by atoms with Crippen LogP contribution in [0, 0.1) is 5.92 Å². The predicted octanol–water partition coefficient (Wildman–Crippen LogP) is 2.76. The van der Waals surface area contributed by atoms with Crippen molar-refractivity contribution in [2.45, 2.75) is 33.7 Å². The van der Waals surface area contributed by atoms with Crippen LogP contribution >= 0.6 is 0 Å². The van der Waals surface area contributed by atoms with Gasteiger partial charge in [0.2, 0.25) is 0 Å². The number of benzene rings is 2. The van der Waals surface area contributed by atoms with Gasteiger partial charge in [-0.15, -0.1) is 0 Å². The maximum atomic E-state index is 12.6. The molecule has 0 aromatic heterocycles. The van der Waals surface area contributed by atoms with Crippen LogP contribution in [0.5, 0.6) is 5.75 Å². The second-order valence-electron chi connectivity index (χ2n) is 7.59. The fraction of sp³-hybridized carbons (Fsp3) is 0.375. The van der Waals surface area contributed by atoms with Gasteiger partial charge in [-0.3, -0.25) is 25.2 Å². The largest absolute Gasteiger partial charge is 0.497 e. The highest BCUT2D eigenvalue weighted by atomic mass is 16.5. The highest BCUT2D eigenvalue weighted by Crippen LogP contribution is 2.15. The number of ether oxygens (including phenoxy) is 1. The van der Waals surface area contributed by atoms with Gasteiger partial charge in [-0.25, -0.2) is 0 Å². The van der Waals surface area contributed by atoms with Gasteiger partial charge in [0.05, 0.1) is 7.11 Å². The number of hydrazine groups is 1. The van der Waals surface area contributed by atoms with Crippen molar-refractivity contribution in [3.8, 4) is 5.75 Å². The van der Waals surface area contributed by atoms with Gasteiger partial charge in [0.15, 0.2) is 0 Å². The Hall–Kier alpha value is -3.55. The molecule has 3 N–H and O–H groups in total. The van der Waals surface area contributed by atoms with Crippen molar-refractivity contribution >= 4 is 23.4 Å². The third-order valence-corrected chi connectivity index (χ3v) is 5.15. The second kappa shape index (κ2) is 11.7. The van der Waals surface area contributed by atoms with Crippen LogP contribution in [0.4, 0.5) is 5.69 Å². The zero-order valence-electron chi connectivity index (χ0n) is 19.3. The molecule has 0 saturated heterocycles. The van der Waals surface area contributed by atoms with Gasteiger partial charge in [0, 0.05) is 29.9 Å². The zero-order valence-corrected chi connectivity index (χ0v) is 19.3. The van der Waals surface area contributed by atoms with Crippen molar-refractivity contribution in [2.75, 3.05) is 25.1 Å². The highest BCUT2D eigenvalue weighted by Gasteiger charge is 2.25. The minimum absolute atomic E-state index is 0.192. The van der Waals surface area contributed by atoms with E-state index in [1.165, 1.54) is 0 Å². The Labute approximate surface area is 189 Å². The molecule has 0 bridgehead atoms. The maximum absolute atomic E-state index is 12.6. The summed E-state index contributed by atoms with van der Waals surface area (Å²) in [6.45, 7) is 9.50. The van der Waals surface area contributed by atoms with E-state index in [4.69, 9.17) is 4.74 Å². The number of hydrogen-bond donors (Lipinski definition) is 3. The Kier molecular flexibility index (Phi) is 9.07. The number of nitrogens with one attached hydrogen (secondary N) is 3. The van der Waals surface area contributed by atoms with E-state index in [0.717, 1.165) is 18.8 Å². The predicted molar refractivity (Wildman–Crippen MR) is 125 cm³/mol. The number of anilines is 1. The lowest BCUT2D eigenvalue weighted by Crippen LogP contribution is -2.54. The summed E-state index contributed by atoms with van der Waals surface area (Å²) in [5.41, 5.74) is 6.68. The molecule has 8 heteroatoms. The SMILES string of the molecule is CCN(CC)c1ccc(C(=O)NNC(=O)C(NC(=O)c2ccc(OC)cc2)C(C)C)cc1. The molecule has 32 heavy (non-hydrogen) atoms. The molecule has 0 aliphatic heterocycles. The molecule has 0 spiro atoms. The molecule has 8 nitrogen and oxygen atoms in total. The van der Waals surface area contributed by atoms with E-state index in [9.17, 15) is 14.4 Å². The Morgan fingerprint density at radius 1 is 0.844 bits per heavy atom. The van der Waals surface area contributed by atoms with Crippen LogP contribution < -0.4 is 25.8 Å². The van der Waals surface area contributed by atoms with E-state index in [-0.39, 0.29) is 11.8 Å². The average Bonchev–Trinajstić information content (AvgIpc) is 2.81. The van der Waals surface area contributed by atoms with Crippen molar-refractivity contribution in [3.05, 3.63) is 59.7 Å². The van der Waals surface area contributed by atoms with Crippen LogP contribution in [0.3, 0.4) is 0 Å². The van der Waals surface area contributed by atoms with Crippen molar-refractivity contribution in [3.63, 3.8) is 0 Å². The van der Waals surface area contributed by atoms with Crippen molar-refractivity contribution < 1.29 is 19.1 Å². The van der Waals surface area contributed by atoms with Crippen molar-refractivity contribution in [2.24, 2.45) is 5.92 Å². The van der Waals surface area contributed by atoms with Gasteiger partial charge >= 0.3 is 0 Å². The minimum atomic E-state index is -0.824. The Morgan fingerprint density at radius 2 is 1.38 bits per heavy atom. The molecule has 2 aromatic rings. The highest BCUT2D eigenvalue weighted by molar-refractivity contribution is 5.99. The van der Waals surface area contributed by atoms with Crippen LogP contribution in [0.15, 0.2) is 48.5 Å². The second-order valence-corrected chi connectivity index (χ2v) is 7.59. The number of carbonyl (C=O) groups is 3. The van der Waals surface area contributed by atoms with E-state index in [2.05, 4.69) is 34.9 Å². The van der Waals surface area contributed by atoms with Gasteiger partial charge in [-0.05, 0) is 68.3 Å². The first-order valence-corrected chi connectivity index (χ1v) is 10.7. The first kappa shape index (κ1) is 24.7.